The maximum atomic E-state index is 11.2. The van der Waals surface area contributed by atoms with E-state index >= 15 is 0 Å². The fourth-order valence-electron chi connectivity index (χ4n) is 1.14. The van der Waals surface area contributed by atoms with Crippen LogP contribution in [-0.2, 0) is 14.3 Å². The van der Waals surface area contributed by atoms with Crippen molar-refractivity contribution < 1.29 is 14.3 Å². The minimum Gasteiger partial charge on any atom is -0.352 e. The summed E-state index contributed by atoms with van der Waals surface area (Å²) in [6.45, 7) is 3.67. The molecule has 0 saturated heterocycles. The number of carbonyl (C=O) groups is 1. The van der Waals surface area contributed by atoms with Crippen molar-refractivity contribution in [3.8, 4) is 0 Å². The van der Waals surface area contributed by atoms with Gasteiger partial charge in [0, 0.05) is 14.2 Å². The molecular formula is C11H20O3. The second-order valence-electron chi connectivity index (χ2n) is 3.19. The maximum Gasteiger partial charge on any atom is 0.176 e. The first-order valence-electron chi connectivity index (χ1n) is 4.92. The van der Waals surface area contributed by atoms with E-state index in [0.29, 0.717) is 0 Å². The molecule has 3 heteroatoms. The maximum absolute atomic E-state index is 11.2. The summed E-state index contributed by atoms with van der Waals surface area (Å²) in [6.07, 6.45) is 4.24. The van der Waals surface area contributed by atoms with Gasteiger partial charge < -0.3 is 9.47 Å². The molecule has 82 valence electrons. The van der Waals surface area contributed by atoms with Crippen LogP contribution >= 0.6 is 0 Å². The number of ether oxygens (including phenoxy) is 2. The van der Waals surface area contributed by atoms with Crippen LogP contribution in [0.15, 0.2) is 11.6 Å². The van der Waals surface area contributed by atoms with E-state index in [9.17, 15) is 4.79 Å². The molecule has 0 aliphatic rings. The van der Waals surface area contributed by atoms with Gasteiger partial charge in [0.2, 0.25) is 0 Å². The van der Waals surface area contributed by atoms with Crippen LogP contribution in [0.5, 0.6) is 0 Å². The third-order valence-electron chi connectivity index (χ3n) is 2.05. The van der Waals surface area contributed by atoms with Crippen molar-refractivity contribution in [1.82, 2.24) is 0 Å². The Labute approximate surface area is 86.1 Å². The van der Waals surface area contributed by atoms with Gasteiger partial charge in [0.05, 0.1) is 0 Å². The SMILES string of the molecule is CCCC/C(=C/C(OC)OC)C(C)=O. The molecule has 0 aromatic carbocycles. The minimum atomic E-state index is -0.411. The normalized spacial score (nSPS) is 12.2. The zero-order chi connectivity index (χ0) is 11.0. The number of unbranched alkanes of at least 4 members (excludes halogenated alkanes) is 1. The molecule has 0 aromatic rings. The largest absolute Gasteiger partial charge is 0.352 e. The van der Waals surface area contributed by atoms with E-state index in [-0.39, 0.29) is 5.78 Å². The number of rotatable bonds is 7. The zero-order valence-electron chi connectivity index (χ0n) is 9.50. The smallest absolute Gasteiger partial charge is 0.176 e. The van der Waals surface area contributed by atoms with Gasteiger partial charge in [-0.15, -0.1) is 0 Å². The number of ketones is 1. The number of carbonyl (C=O) groups excluding carboxylic acids is 1. The first-order chi connectivity index (χ1) is 6.65. The average Bonchev–Trinajstić information content (AvgIpc) is 2.18. The van der Waals surface area contributed by atoms with Crippen LogP contribution in [0.3, 0.4) is 0 Å². The van der Waals surface area contributed by atoms with Crippen LogP contribution in [0.25, 0.3) is 0 Å². The Hall–Kier alpha value is -0.670. The lowest BCUT2D eigenvalue weighted by Crippen LogP contribution is -2.12. The second kappa shape index (κ2) is 7.71. The van der Waals surface area contributed by atoms with E-state index in [1.165, 1.54) is 0 Å². The molecule has 0 bridgehead atoms. The predicted molar refractivity (Wildman–Crippen MR) is 56.1 cm³/mol. The van der Waals surface area contributed by atoms with Crippen molar-refractivity contribution in [2.75, 3.05) is 14.2 Å². The molecule has 0 aliphatic carbocycles. The van der Waals surface area contributed by atoms with Crippen LogP contribution in [0.1, 0.15) is 33.1 Å². The van der Waals surface area contributed by atoms with Crippen LogP contribution in [-0.4, -0.2) is 26.3 Å². The summed E-state index contributed by atoms with van der Waals surface area (Å²) < 4.78 is 10.0. The van der Waals surface area contributed by atoms with Gasteiger partial charge in [-0.3, -0.25) is 4.79 Å². The fourth-order valence-corrected chi connectivity index (χ4v) is 1.14. The van der Waals surface area contributed by atoms with Crippen LogP contribution in [0.4, 0.5) is 0 Å². The number of hydrogen-bond donors (Lipinski definition) is 0. The Kier molecular flexibility index (Phi) is 7.34. The van der Waals surface area contributed by atoms with Gasteiger partial charge >= 0.3 is 0 Å². The number of methoxy groups -OCH3 is 2. The predicted octanol–water partition coefficient (Wildman–Crippen LogP) is 2.31. The van der Waals surface area contributed by atoms with Crippen molar-refractivity contribution in [3.63, 3.8) is 0 Å². The van der Waals surface area contributed by atoms with Gasteiger partial charge in [-0.2, -0.15) is 0 Å². The van der Waals surface area contributed by atoms with Crippen molar-refractivity contribution >= 4 is 5.78 Å². The summed E-state index contributed by atoms with van der Waals surface area (Å²) in [7, 11) is 3.12. The van der Waals surface area contributed by atoms with Gasteiger partial charge in [0.1, 0.15) is 0 Å². The molecule has 0 heterocycles. The summed E-state index contributed by atoms with van der Waals surface area (Å²) in [6, 6.07) is 0. The Morgan fingerprint density at radius 2 is 1.93 bits per heavy atom. The van der Waals surface area contributed by atoms with Gasteiger partial charge in [-0.05, 0) is 31.4 Å². The molecule has 0 fully saturated rings. The summed E-state index contributed by atoms with van der Waals surface area (Å²) in [4.78, 5) is 11.2. The lowest BCUT2D eigenvalue weighted by atomic mass is 10.1. The van der Waals surface area contributed by atoms with E-state index in [1.54, 1.807) is 27.2 Å². The van der Waals surface area contributed by atoms with Crippen molar-refractivity contribution in [2.45, 2.75) is 39.4 Å². The monoisotopic (exact) mass is 200 g/mol. The number of Topliss-reactive ketones (excluding diaryl/α,β-unsaturated/α-hetero) is 1. The van der Waals surface area contributed by atoms with E-state index in [0.717, 1.165) is 24.8 Å². The van der Waals surface area contributed by atoms with Crippen LogP contribution < -0.4 is 0 Å². The highest BCUT2D eigenvalue weighted by Crippen LogP contribution is 2.10. The zero-order valence-corrected chi connectivity index (χ0v) is 9.50. The standard InChI is InChI=1S/C11H20O3/c1-5-6-7-10(9(2)12)8-11(13-3)14-4/h8,11H,5-7H2,1-4H3/b10-8-. The summed E-state index contributed by atoms with van der Waals surface area (Å²) in [5.74, 6) is 0.0950. The molecule has 3 nitrogen and oxygen atoms in total. The highest BCUT2D eigenvalue weighted by Gasteiger charge is 2.07. The second-order valence-corrected chi connectivity index (χ2v) is 3.19. The molecule has 0 aromatic heterocycles. The molecular weight excluding hydrogens is 180 g/mol. The summed E-state index contributed by atoms with van der Waals surface area (Å²) >= 11 is 0. The molecule has 14 heavy (non-hydrogen) atoms. The third kappa shape index (κ3) is 5.14. The molecule has 0 N–H and O–H groups in total. The number of allylic oxidation sites excluding steroid dienone is 1. The van der Waals surface area contributed by atoms with E-state index in [2.05, 4.69) is 6.92 Å². The highest BCUT2D eigenvalue weighted by atomic mass is 16.7. The Bertz CT molecular complexity index is 193. The van der Waals surface area contributed by atoms with Crippen LogP contribution in [0, 0.1) is 0 Å². The first kappa shape index (κ1) is 13.3. The van der Waals surface area contributed by atoms with Gasteiger partial charge in [-0.25, -0.2) is 0 Å². The van der Waals surface area contributed by atoms with E-state index < -0.39 is 6.29 Å². The number of hydrogen-bond acceptors (Lipinski definition) is 3. The van der Waals surface area contributed by atoms with Crippen molar-refractivity contribution in [2.24, 2.45) is 0 Å². The van der Waals surface area contributed by atoms with Gasteiger partial charge in [0.25, 0.3) is 0 Å². The minimum absolute atomic E-state index is 0.0950. The van der Waals surface area contributed by atoms with Crippen LogP contribution in [0.2, 0.25) is 0 Å². The molecule has 0 radical (unpaired) electrons. The van der Waals surface area contributed by atoms with Gasteiger partial charge in [-0.1, -0.05) is 13.3 Å². The first-order valence-corrected chi connectivity index (χ1v) is 4.92. The molecule has 0 amide bonds. The molecule has 0 aliphatic heterocycles. The van der Waals surface area contributed by atoms with Gasteiger partial charge in [0.15, 0.2) is 12.1 Å². The molecule has 0 spiro atoms. The molecule has 0 rings (SSSR count). The summed E-state index contributed by atoms with van der Waals surface area (Å²) in [5.41, 5.74) is 0.792. The Balaban J connectivity index is 4.37. The molecule has 0 saturated carbocycles. The lowest BCUT2D eigenvalue weighted by Gasteiger charge is -2.10. The van der Waals surface area contributed by atoms with E-state index in [1.807, 2.05) is 0 Å². The fraction of sp³-hybridized carbons (Fsp3) is 0.727. The highest BCUT2D eigenvalue weighted by molar-refractivity contribution is 5.93. The molecule has 0 atom stereocenters. The quantitative estimate of drug-likeness (QED) is 0.467. The topological polar surface area (TPSA) is 35.5 Å². The molecule has 0 unspecified atom stereocenters. The van der Waals surface area contributed by atoms with Crippen molar-refractivity contribution in [1.29, 1.82) is 0 Å². The van der Waals surface area contributed by atoms with E-state index in [4.69, 9.17) is 9.47 Å². The Morgan fingerprint density at radius 3 is 2.29 bits per heavy atom. The summed E-state index contributed by atoms with van der Waals surface area (Å²) in [5, 5.41) is 0. The lowest BCUT2D eigenvalue weighted by molar-refractivity contribution is -0.114. The Morgan fingerprint density at radius 1 is 1.36 bits per heavy atom. The average molecular weight is 200 g/mol. The van der Waals surface area contributed by atoms with Crippen molar-refractivity contribution in [3.05, 3.63) is 11.6 Å². The third-order valence-corrected chi connectivity index (χ3v) is 2.05.